The van der Waals surface area contributed by atoms with Crippen molar-refractivity contribution in [3.8, 4) is 0 Å². The Labute approximate surface area is 133 Å². The number of hydrogen-bond acceptors (Lipinski definition) is 6. The lowest BCUT2D eigenvalue weighted by Gasteiger charge is -2.09. The van der Waals surface area contributed by atoms with E-state index in [9.17, 15) is 9.59 Å². The Hall–Kier alpha value is -2.50. The number of esters is 2. The van der Waals surface area contributed by atoms with Gasteiger partial charge in [-0.1, -0.05) is 12.1 Å². The lowest BCUT2D eigenvalue weighted by atomic mass is 10.0. The van der Waals surface area contributed by atoms with Crippen LogP contribution in [0.15, 0.2) is 24.3 Å². The monoisotopic (exact) mass is 314 g/mol. The predicted octanol–water partition coefficient (Wildman–Crippen LogP) is 2.33. The quantitative estimate of drug-likeness (QED) is 0.806. The highest BCUT2D eigenvalue weighted by molar-refractivity contribution is 5.87. The molecular weight excluding hydrogens is 296 g/mol. The van der Waals surface area contributed by atoms with E-state index in [0.717, 1.165) is 0 Å². The maximum absolute atomic E-state index is 12.2. The van der Waals surface area contributed by atoms with Crippen molar-refractivity contribution < 1.29 is 19.1 Å². The molecule has 23 heavy (non-hydrogen) atoms. The molecule has 0 spiro atoms. The van der Waals surface area contributed by atoms with Crippen LogP contribution in [0.4, 0.5) is 0 Å². The van der Waals surface area contributed by atoms with Gasteiger partial charge in [0.25, 0.3) is 0 Å². The van der Waals surface area contributed by atoms with Crippen LogP contribution in [-0.2, 0) is 19.1 Å². The summed E-state index contributed by atoms with van der Waals surface area (Å²) >= 11 is 0. The SMILES string of the molecule is CCOC(=O)[C@H]1C[C@H](C(=O)OCC)c2nc3ccccc3nc21. The average molecular weight is 314 g/mol. The van der Waals surface area contributed by atoms with Crippen LogP contribution < -0.4 is 0 Å². The average Bonchev–Trinajstić information content (AvgIpc) is 2.92. The molecule has 0 amide bonds. The zero-order valence-electron chi connectivity index (χ0n) is 13.1. The standard InChI is InChI=1S/C17H18N2O4/c1-3-22-16(20)10-9-11(17(21)23-4-2)15-14(10)18-12-7-5-6-8-13(12)19-15/h5-8,10-11H,3-4,9H2,1-2H3/t10-,11-/m0/s1. The molecule has 0 saturated carbocycles. The molecule has 0 bridgehead atoms. The summed E-state index contributed by atoms with van der Waals surface area (Å²) in [6.45, 7) is 4.08. The van der Waals surface area contributed by atoms with Crippen molar-refractivity contribution in [3.05, 3.63) is 35.7 Å². The first-order valence-electron chi connectivity index (χ1n) is 7.75. The molecule has 3 rings (SSSR count). The maximum atomic E-state index is 12.2. The summed E-state index contributed by atoms with van der Waals surface area (Å²) in [6, 6.07) is 7.39. The summed E-state index contributed by atoms with van der Waals surface area (Å²) in [5.41, 5.74) is 2.45. The van der Waals surface area contributed by atoms with E-state index in [1.54, 1.807) is 13.8 Å². The second kappa shape index (κ2) is 6.32. The van der Waals surface area contributed by atoms with Crippen molar-refractivity contribution in [3.63, 3.8) is 0 Å². The lowest BCUT2D eigenvalue weighted by molar-refractivity contribution is -0.146. The van der Waals surface area contributed by atoms with Gasteiger partial charge in [0, 0.05) is 0 Å². The number of para-hydroxylation sites is 2. The molecule has 2 atom stereocenters. The van der Waals surface area contributed by atoms with Crippen molar-refractivity contribution in [1.82, 2.24) is 9.97 Å². The van der Waals surface area contributed by atoms with Crippen molar-refractivity contribution >= 4 is 23.0 Å². The number of rotatable bonds is 4. The van der Waals surface area contributed by atoms with Gasteiger partial charge in [-0.2, -0.15) is 0 Å². The second-order valence-corrected chi connectivity index (χ2v) is 5.33. The number of hydrogen-bond donors (Lipinski definition) is 0. The third-order valence-corrected chi connectivity index (χ3v) is 3.90. The zero-order chi connectivity index (χ0) is 16.4. The Kier molecular flexibility index (Phi) is 4.23. The number of nitrogens with zero attached hydrogens (tertiary/aromatic N) is 2. The fourth-order valence-corrected chi connectivity index (χ4v) is 2.90. The van der Waals surface area contributed by atoms with Gasteiger partial charge in [-0.25, -0.2) is 9.97 Å². The maximum Gasteiger partial charge on any atom is 0.315 e. The van der Waals surface area contributed by atoms with Crippen molar-refractivity contribution in [1.29, 1.82) is 0 Å². The third-order valence-electron chi connectivity index (χ3n) is 3.90. The molecule has 0 fully saturated rings. The molecule has 0 aliphatic heterocycles. The molecule has 120 valence electrons. The van der Waals surface area contributed by atoms with Gasteiger partial charge >= 0.3 is 11.9 Å². The lowest BCUT2D eigenvalue weighted by Crippen LogP contribution is -2.17. The minimum Gasteiger partial charge on any atom is -0.465 e. The van der Waals surface area contributed by atoms with Crippen LogP contribution in [-0.4, -0.2) is 35.1 Å². The third kappa shape index (κ3) is 2.76. The second-order valence-electron chi connectivity index (χ2n) is 5.33. The predicted molar refractivity (Wildman–Crippen MR) is 82.9 cm³/mol. The summed E-state index contributed by atoms with van der Waals surface area (Å²) in [6.07, 6.45) is 0.295. The highest BCUT2D eigenvalue weighted by Gasteiger charge is 2.43. The number of ether oxygens (including phenoxy) is 2. The first kappa shape index (κ1) is 15.4. The first-order valence-corrected chi connectivity index (χ1v) is 7.75. The Morgan fingerprint density at radius 2 is 1.39 bits per heavy atom. The van der Waals surface area contributed by atoms with Crippen LogP contribution in [0.2, 0.25) is 0 Å². The Bertz CT molecular complexity index is 697. The Morgan fingerprint density at radius 3 is 1.78 bits per heavy atom. The highest BCUT2D eigenvalue weighted by Crippen LogP contribution is 2.41. The summed E-state index contributed by atoms with van der Waals surface area (Å²) in [4.78, 5) is 33.6. The van der Waals surface area contributed by atoms with Gasteiger partial charge in [-0.3, -0.25) is 9.59 Å². The normalized spacial score (nSPS) is 19.4. The van der Waals surface area contributed by atoms with Gasteiger partial charge in [-0.05, 0) is 32.4 Å². The molecule has 0 unspecified atom stereocenters. The number of fused-ring (bicyclic) bond motifs is 2. The van der Waals surface area contributed by atoms with Crippen LogP contribution in [0.1, 0.15) is 43.5 Å². The Balaban J connectivity index is 2.08. The van der Waals surface area contributed by atoms with E-state index in [-0.39, 0.29) is 25.2 Å². The molecule has 1 heterocycles. The van der Waals surface area contributed by atoms with Gasteiger partial charge in [0.1, 0.15) is 11.8 Å². The van der Waals surface area contributed by atoms with Gasteiger partial charge < -0.3 is 9.47 Å². The minimum atomic E-state index is -0.573. The van der Waals surface area contributed by atoms with Crippen LogP contribution >= 0.6 is 0 Å². The fraction of sp³-hybridized carbons (Fsp3) is 0.412. The molecule has 1 aliphatic rings. The molecule has 0 radical (unpaired) electrons. The summed E-state index contributed by atoms with van der Waals surface area (Å²) in [7, 11) is 0. The van der Waals surface area contributed by atoms with Crippen LogP contribution in [0.25, 0.3) is 11.0 Å². The van der Waals surface area contributed by atoms with E-state index in [2.05, 4.69) is 9.97 Å². The molecule has 1 aromatic heterocycles. The van der Waals surface area contributed by atoms with Crippen LogP contribution in [0.5, 0.6) is 0 Å². The van der Waals surface area contributed by atoms with E-state index >= 15 is 0 Å². The first-order chi connectivity index (χ1) is 11.2. The molecule has 1 aliphatic carbocycles. The van der Waals surface area contributed by atoms with Crippen molar-refractivity contribution in [2.75, 3.05) is 13.2 Å². The summed E-state index contributed by atoms with van der Waals surface area (Å²) < 4.78 is 10.2. The molecule has 0 N–H and O–H groups in total. The van der Waals surface area contributed by atoms with Crippen LogP contribution in [0, 0.1) is 0 Å². The Morgan fingerprint density at radius 1 is 0.957 bits per heavy atom. The molecule has 2 aromatic rings. The van der Waals surface area contributed by atoms with E-state index in [1.807, 2.05) is 24.3 Å². The molecule has 6 nitrogen and oxygen atoms in total. The van der Waals surface area contributed by atoms with Gasteiger partial charge in [0.15, 0.2) is 0 Å². The highest BCUT2D eigenvalue weighted by atomic mass is 16.5. The number of carbonyl (C=O) groups is 2. The topological polar surface area (TPSA) is 78.4 Å². The van der Waals surface area contributed by atoms with Gasteiger partial charge in [-0.15, -0.1) is 0 Å². The van der Waals surface area contributed by atoms with Crippen LogP contribution in [0.3, 0.4) is 0 Å². The number of carbonyl (C=O) groups excluding carboxylic acids is 2. The molecule has 1 aromatic carbocycles. The van der Waals surface area contributed by atoms with Crippen molar-refractivity contribution in [2.45, 2.75) is 32.1 Å². The van der Waals surface area contributed by atoms with E-state index in [4.69, 9.17) is 9.47 Å². The van der Waals surface area contributed by atoms with E-state index in [0.29, 0.717) is 28.8 Å². The van der Waals surface area contributed by atoms with Crippen molar-refractivity contribution in [2.24, 2.45) is 0 Å². The van der Waals surface area contributed by atoms with Gasteiger partial charge in [0.05, 0.1) is 35.6 Å². The summed E-state index contributed by atoms with van der Waals surface area (Å²) in [5.74, 6) is -1.89. The minimum absolute atomic E-state index is 0.287. The molecule has 6 heteroatoms. The largest absolute Gasteiger partial charge is 0.465 e. The number of benzene rings is 1. The fourth-order valence-electron chi connectivity index (χ4n) is 2.90. The van der Waals surface area contributed by atoms with Gasteiger partial charge in [0.2, 0.25) is 0 Å². The summed E-state index contributed by atoms with van der Waals surface area (Å²) in [5, 5.41) is 0. The zero-order valence-corrected chi connectivity index (χ0v) is 13.1. The smallest absolute Gasteiger partial charge is 0.315 e. The van der Waals surface area contributed by atoms with E-state index in [1.165, 1.54) is 0 Å². The number of aromatic nitrogens is 2. The molecule has 0 saturated heterocycles. The molecular formula is C17H18N2O4. The van der Waals surface area contributed by atoms with E-state index < -0.39 is 11.8 Å².